The summed E-state index contributed by atoms with van der Waals surface area (Å²) < 4.78 is 5.11. The Hall–Kier alpha value is -2.62. The van der Waals surface area contributed by atoms with Crippen molar-refractivity contribution in [2.24, 2.45) is 23.2 Å². The largest absolute Gasteiger partial charge is 0.469 e. The van der Waals surface area contributed by atoms with Crippen molar-refractivity contribution >= 4 is 17.6 Å². The summed E-state index contributed by atoms with van der Waals surface area (Å²) in [4.78, 5) is 26.2. The number of hydrogen-bond acceptors (Lipinski definition) is 3. The fourth-order valence-electron chi connectivity index (χ4n) is 4.77. The first-order chi connectivity index (χ1) is 15.8. The van der Waals surface area contributed by atoms with Crippen molar-refractivity contribution in [1.82, 2.24) is 0 Å². The van der Waals surface area contributed by atoms with E-state index in [1.807, 2.05) is 52.8 Å². The van der Waals surface area contributed by atoms with Gasteiger partial charge in [0, 0.05) is 5.69 Å². The third-order valence-corrected chi connectivity index (χ3v) is 7.59. The highest BCUT2D eigenvalue weighted by atomic mass is 16.5. The third kappa shape index (κ3) is 6.28. The van der Waals surface area contributed by atoms with Crippen molar-refractivity contribution in [3.63, 3.8) is 0 Å². The van der Waals surface area contributed by atoms with Gasteiger partial charge in [-0.1, -0.05) is 104 Å². The molecular weight excluding hydrogens is 422 g/mol. The summed E-state index contributed by atoms with van der Waals surface area (Å²) in [6, 6.07) is 18.6. The highest BCUT2D eigenvalue weighted by Gasteiger charge is 2.44. The number of ether oxygens (including phenoxy) is 1. The Morgan fingerprint density at radius 3 is 1.94 bits per heavy atom. The van der Waals surface area contributed by atoms with E-state index in [-0.39, 0.29) is 29.1 Å². The van der Waals surface area contributed by atoms with Crippen LogP contribution in [0.5, 0.6) is 0 Å². The van der Waals surface area contributed by atoms with Crippen LogP contribution in [0.3, 0.4) is 0 Å². The van der Waals surface area contributed by atoms with Crippen molar-refractivity contribution < 1.29 is 14.3 Å². The van der Waals surface area contributed by atoms with Gasteiger partial charge < -0.3 is 10.1 Å². The van der Waals surface area contributed by atoms with E-state index in [1.54, 1.807) is 0 Å². The molecule has 2 aromatic carbocycles. The number of amides is 1. The van der Waals surface area contributed by atoms with Crippen LogP contribution in [0, 0.1) is 23.2 Å². The third-order valence-electron chi connectivity index (χ3n) is 7.59. The van der Waals surface area contributed by atoms with Crippen LogP contribution in [0.4, 0.5) is 5.69 Å². The van der Waals surface area contributed by atoms with Gasteiger partial charge in [0.1, 0.15) is 0 Å². The van der Waals surface area contributed by atoms with E-state index in [4.69, 9.17) is 4.74 Å². The summed E-state index contributed by atoms with van der Waals surface area (Å²) in [5.74, 6) is -1.15. The zero-order valence-corrected chi connectivity index (χ0v) is 22.4. The Morgan fingerprint density at radius 1 is 0.912 bits per heavy atom. The van der Waals surface area contributed by atoms with Crippen LogP contribution in [0.1, 0.15) is 78.9 Å². The summed E-state index contributed by atoms with van der Waals surface area (Å²) >= 11 is 0. The molecule has 0 aliphatic rings. The van der Waals surface area contributed by atoms with E-state index in [9.17, 15) is 9.59 Å². The number of benzene rings is 2. The van der Waals surface area contributed by atoms with Crippen molar-refractivity contribution in [2.75, 3.05) is 12.4 Å². The van der Waals surface area contributed by atoms with Crippen LogP contribution in [-0.4, -0.2) is 19.0 Å². The zero-order chi connectivity index (χ0) is 25.7. The molecule has 0 heterocycles. The second-order valence-corrected chi connectivity index (χ2v) is 11.2. The van der Waals surface area contributed by atoms with Gasteiger partial charge in [0.15, 0.2) is 0 Å². The molecule has 0 radical (unpaired) electrons. The molecule has 0 aliphatic carbocycles. The number of methoxy groups -OCH3 is 1. The highest BCUT2D eigenvalue weighted by molar-refractivity contribution is 5.95. The monoisotopic (exact) mass is 465 g/mol. The first-order valence-corrected chi connectivity index (χ1v) is 12.4. The lowest BCUT2D eigenvalue weighted by atomic mass is 9.68. The molecule has 0 bridgehead atoms. The lowest BCUT2D eigenvalue weighted by Gasteiger charge is -2.37. The molecule has 0 saturated heterocycles. The number of carbonyl (C=O) groups excluding carboxylic acids is 2. The summed E-state index contributed by atoms with van der Waals surface area (Å²) in [5, 5.41) is 3.08. The lowest BCUT2D eigenvalue weighted by Crippen LogP contribution is -2.44. The number of rotatable bonds is 9. The molecule has 4 heteroatoms. The maximum Gasteiger partial charge on any atom is 0.310 e. The summed E-state index contributed by atoms with van der Waals surface area (Å²) in [6.07, 6.45) is 0.798. The van der Waals surface area contributed by atoms with E-state index in [2.05, 4.69) is 62.5 Å². The van der Waals surface area contributed by atoms with Gasteiger partial charge in [0.25, 0.3) is 0 Å². The Balaban J connectivity index is 2.26. The predicted molar refractivity (Wildman–Crippen MR) is 141 cm³/mol. The second-order valence-electron chi connectivity index (χ2n) is 11.2. The lowest BCUT2D eigenvalue weighted by molar-refractivity contribution is -0.156. The van der Waals surface area contributed by atoms with E-state index < -0.39 is 17.3 Å². The van der Waals surface area contributed by atoms with E-state index in [0.29, 0.717) is 0 Å². The zero-order valence-electron chi connectivity index (χ0n) is 22.4. The Morgan fingerprint density at radius 2 is 1.47 bits per heavy atom. The Kier molecular flexibility index (Phi) is 9.10. The van der Waals surface area contributed by atoms with Gasteiger partial charge in [-0.3, -0.25) is 9.59 Å². The SMILES string of the molecule is CCC(C)C(C(=O)Nc1ccc(C(C)C(C)(C)c2ccccc2)cc1)C(C(=O)OC)C(C)(C)C. The molecule has 34 heavy (non-hydrogen) atoms. The maximum absolute atomic E-state index is 13.5. The molecule has 1 amide bonds. The van der Waals surface area contributed by atoms with E-state index >= 15 is 0 Å². The molecule has 186 valence electrons. The molecule has 4 nitrogen and oxygen atoms in total. The minimum absolute atomic E-state index is 0.0336. The summed E-state index contributed by atoms with van der Waals surface area (Å²) in [5.41, 5.74) is 2.82. The number of carbonyl (C=O) groups is 2. The van der Waals surface area contributed by atoms with Crippen LogP contribution in [-0.2, 0) is 19.7 Å². The number of nitrogens with one attached hydrogen (secondary N) is 1. The van der Waals surface area contributed by atoms with E-state index in [1.165, 1.54) is 18.2 Å². The second kappa shape index (κ2) is 11.2. The fourth-order valence-corrected chi connectivity index (χ4v) is 4.77. The Bertz CT molecular complexity index is 941. The molecule has 4 atom stereocenters. The average molecular weight is 466 g/mol. The maximum atomic E-state index is 13.5. The van der Waals surface area contributed by atoms with Gasteiger partial charge in [-0.2, -0.15) is 0 Å². The normalized spacial score (nSPS) is 15.7. The van der Waals surface area contributed by atoms with Crippen molar-refractivity contribution in [1.29, 1.82) is 0 Å². The highest BCUT2D eigenvalue weighted by Crippen LogP contribution is 2.40. The topological polar surface area (TPSA) is 55.4 Å². The first-order valence-electron chi connectivity index (χ1n) is 12.4. The minimum atomic E-state index is -0.529. The molecule has 0 spiro atoms. The molecule has 0 aromatic heterocycles. The van der Waals surface area contributed by atoms with Crippen LogP contribution in [0.15, 0.2) is 54.6 Å². The quantitative estimate of drug-likeness (QED) is 0.398. The number of hydrogen-bond donors (Lipinski definition) is 1. The van der Waals surface area contributed by atoms with Gasteiger partial charge >= 0.3 is 5.97 Å². The van der Waals surface area contributed by atoms with Gasteiger partial charge in [-0.25, -0.2) is 0 Å². The van der Waals surface area contributed by atoms with Crippen molar-refractivity contribution in [3.05, 3.63) is 65.7 Å². The van der Waals surface area contributed by atoms with Crippen LogP contribution in [0.2, 0.25) is 0 Å². The molecule has 1 N–H and O–H groups in total. The van der Waals surface area contributed by atoms with Crippen molar-refractivity contribution in [3.8, 4) is 0 Å². The Labute approximate surface area is 206 Å². The van der Waals surface area contributed by atoms with Crippen LogP contribution >= 0.6 is 0 Å². The first kappa shape index (κ1) is 27.6. The molecule has 0 aliphatic heterocycles. The summed E-state index contributed by atoms with van der Waals surface area (Å²) in [6.45, 7) is 16.8. The van der Waals surface area contributed by atoms with Crippen LogP contribution in [0.25, 0.3) is 0 Å². The average Bonchev–Trinajstić information content (AvgIpc) is 2.81. The van der Waals surface area contributed by atoms with Gasteiger partial charge in [0.05, 0.1) is 18.9 Å². The van der Waals surface area contributed by atoms with Gasteiger partial charge in [0.2, 0.25) is 5.91 Å². The summed E-state index contributed by atoms with van der Waals surface area (Å²) in [7, 11) is 1.39. The van der Waals surface area contributed by atoms with E-state index in [0.717, 1.165) is 12.1 Å². The smallest absolute Gasteiger partial charge is 0.310 e. The number of anilines is 1. The fraction of sp³-hybridized carbons (Fsp3) is 0.533. The van der Waals surface area contributed by atoms with Gasteiger partial charge in [-0.05, 0) is 45.9 Å². The molecule has 0 fully saturated rings. The van der Waals surface area contributed by atoms with Gasteiger partial charge in [-0.15, -0.1) is 0 Å². The molecular formula is C30H43NO3. The van der Waals surface area contributed by atoms with Crippen molar-refractivity contribution in [2.45, 2.75) is 73.1 Å². The minimum Gasteiger partial charge on any atom is -0.469 e. The number of esters is 1. The standard InChI is InChI=1S/C30H43NO3/c1-10-20(2)25(26(28(33)34-9)29(4,5)6)27(32)31-24-18-16-22(17-19-24)21(3)30(7,8)23-14-12-11-13-15-23/h11-21,25-26H,10H2,1-9H3,(H,31,32). The predicted octanol–water partition coefficient (Wildman–Crippen LogP) is 7.20. The molecule has 2 aromatic rings. The molecule has 4 unspecified atom stereocenters. The van der Waals surface area contributed by atoms with Crippen LogP contribution < -0.4 is 5.32 Å². The molecule has 2 rings (SSSR count). The molecule has 0 saturated carbocycles.